The number of nitrogens with zero attached hydrogens (tertiary/aromatic N) is 1. The Kier molecular flexibility index (Phi) is 4.76. The summed E-state index contributed by atoms with van der Waals surface area (Å²) < 4.78 is 0. The molecular formula is C14H25N3S. The third kappa shape index (κ3) is 3.77. The van der Waals surface area contributed by atoms with E-state index in [0.717, 1.165) is 19.5 Å². The summed E-state index contributed by atoms with van der Waals surface area (Å²) in [4.78, 5) is 4.49. The molecule has 1 aromatic heterocycles. The molecule has 1 atom stereocenters. The highest BCUT2D eigenvalue weighted by molar-refractivity contribution is 7.09. The van der Waals surface area contributed by atoms with E-state index < -0.39 is 0 Å². The van der Waals surface area contributed by atoms with Crippen LogP contribution in [0.2, 0.25) is 0 Å². The molecule has 3 nitrogen and oxygen atoms in total. The Balaban J connectivity index is 1.68. The Morgan fingerprint density at radius 2 is 2.39 bits per heavy atom. The molecule has 2 rings (SSSR count). The number of aryl methyl sites for hydroxylation is 1. The lowest BCUT2D eigenvalue weighted by Crippen LogP contribution is -2.52. The van der Waals surface area contributed by atoms with Crippen LogP contribution in [0.25, 0.3) is 0 Å². The van der Waals surface area contributed by atoms with Gasteiger partial charge in [-0.05, 0) is 31.7 Å². The summed E-state index contributed by atoms with van der Waals surface area (Å²) >= 11 is 1.74. The van der Waals surface area contributed by atoms with E-state index in [4.69, 9.17) is 0 Å². The van der Waals surface area contributed by atoms with Gasteiger partial charge >= 0.3 is 0 Å². The van der Waals surface area contributed by atoms with Crippen LogP contribution in [-0.2, 0) is 6.42 Å². The van der Waals surface area contributed by atoms with E-state index in [1.165, 1.54) is 30.1 Å². The van der Waals surface area contributed by atoms with Crippen molar-refractivity contribution in [2.24, 2.45) is 5.41 Å². The Hall–Kier alpha value is -0.450. The molecule has 1 aromatic rings. The number of nitrogens with one attached hydrogen (secondary N) is 2. The van der Waals surface area contributed by atoms with Gasteiger partial charge in [-0.3, -0.25) is 0 Å². The third-order valence-electron chi connectivity index (χ3n) is 3.90. The summed E-state index contributed by atoms with van der Waals surface area (Å²) in [6, 6.07) is 0.600. The average molecular weight is 267 g/mol. The molecule has 0 saturated carbocycles. The normalized spacial score (nSPS) is 23.2. The summed E-state index contributed by atoms with van der Waals surface area (Å²) in [6.45, 7) is 10.1. The molecule has 0 radical (unpaired) electrons. The van der Waals surface area contributed by atoms with Crippen LogP contribution in [0.1, 0.15) is 37.4 Å². The standard InChI is InChI=1S/C14H25N3S/c1-11-17-12(10-18-11)5-8-15-9-13-14(2,3)6-4-7-16-13/h10,13,15-16H,4-9H2,1-3H3. The number of piperidine rings is 1. The number of thiazole rings is 1. The lowest BCUT2D eigenvalue weighted by atomic mass is 9.77. The van der Waals surface area contributed by atoms with E-state index in [0.29, 0.717) is 11.5 Å². The van der Waals surface area contributed by atoms with Gasteiger partial charge in [-0.1, -0.05) is 13.8 Å². The van der Waals surface area contributed by atoms with E-state index in [9.17, 15) is 0 Å². The van der Waals surface area contributed by atoms with Crippen LogP contribution in [0.3, 0.4) is 0 Å². The van der Waals surface area contributed by atoms with E-state index in [2.05, 4.69) is 41.8 Å². The SMILES string of the molecule is Cc1nc(CCNCC2NCCCC2(C)C)cs1. The molecule has 1 aliphatic rings. The number of hydrogen-bond donors (Lipinski definition) is 2. The lowest BCUT2D eigenvalue weighted by molar-refractivity contribution is 0.176. The number of aromatic nitrogens is 1. The van der Waals surface area contributed by atoms with E-state index in [1.807, 2.05) is 0 Å². The van der Waals surface area contributed by atoms with E-state index >= 15 is 0 Å². The molecule has 4 heteroatoms. The Morgan fingerprint density at radius 1 is 1.56 bits per heavy atom. The van der Waals surface area contributed by atoms with Crippen molar-refractivity contribution in [2.75, 3.05) is 19.6 Å². The quantitative estimate of drug-likeness (QED) is 0.804. The third-order valence-corrected chi connectivity index (χ3v) is 4.73. The molecule has 1 saturated heterocycles. The molecule has 0 bridgehead atoms. The van der Waals surface area contributed by atoms with Crippen molar-refractivity contribution in [1.29, 1.82) is 0 Å². The van der Waals surface area contributed by atoms with Gasteiger partial charge in [-0.15, -0.1) is 11.3 Å². The van der Waals surface area contributed by atoms with Crippen molar-refractivity contribution < 1.29 is 0 Å². The molecule has 1 unspecified atom stereocenters. The van der Waals surface area contributed by atoms with Crippen molar-refractivity contribution >= 4 is 11.3 Å². The van der Waals surface area contributed by atoms with E-state index in [-0.39, 0.29) is 0 Å². The zero-order valence-corrected chi connectivity index (χ0v) is 12.6. The Labute approximate surface area is 114 Å². The van der Waals surface area contributed by atoms with Crippen molar-refractivity contribution in [3.8, 4) is 0 Å². The van der Waals surface area contributed by atoms with Crippen LogP contribution >= 0.6 is 11.3 Å². The first kappa shape index (κ1) is 14.0. The van der Waals surface area contributed by atoms with Crippen LogP contribution in [0.15, 0.2) is 5.38 Å². The summed E-state index contributed by atoms with van der Waals surface area (Å²) in [5, 5.41) is 10.5. The van der Waals surface area contributed by atoms with Crippen LogP contribution in [0.5, 0.6) is 0 Å². The largest absolute Gasteiger partial charge is 0.315 e. The van der Waals surface area contributed by atoms with Gasteiger partial charge in [0.05, 0.1) is 10.7 Å². The highest BCUT2D eigenvalue weighted by Gasteiger charge is 2.31. The van der Waals surface area contributed by atoms with Gasteiger partial charge in [0.1, 0.15) is 0 Å². The number of rotatable bonds is 5. The van der Waals surface area contributed by atoms with Crippen LogP contribution in [-0.4, -0.2) is 30.7 Å². The molecule has 102 valence electrons. The maximum absolute atomic E-state index is 4.49. The van der Waals surface area contributed by atoms with Gasteiger partial charge in [0.25, 0.3) is 0 Å². The first-order chi connectivity index (χ1) is 8.58. The van der Waals surface area contributed by atoms with Gasteiger partial charge in [-0.2, -0.15) is 0 Å². The minimum atomic E-state index is 0.419. The minimum Gasteiger partial charge on any atom is -0.315 e. The van der Waals surface area contributed by atoms with Gasteiger partial charge in [0.2, 0.25) is 0 Å². The smallest absolute Gasteiger partial charge is 0.0897 e. The fourth-order valence-electron chi connectivity index (χ4n) is 2.61. The molecule has 2 heterocycles. The van der Waals surface area contributed by atoms with Crippen molar-refractivity contribution in [1.82, 2.24) is 15.6 Å². The molecular weight excluding hydrogens is 242 g/mol. The summed E-state index contributed by atoms with van der Waals surface area (Å²) in [5.74, 6) is 0. The zero-order chi connectivity index (χ0) is 13.0. The fourth-order valence-corrected chi connectivity index (χ4v) is 3.25. The second kappa shape index (κ2) is 6.13. The Bertz CT molecular complexity index is 373. The van der Waals surface area contributed by atoms with Gasteiger partial charge in [-0.25, -0.2) is 4.98 Å². The maximum atomic E-state index is 4.49. The van der Waals surface area contributed by atoms with Crippen molar-refractivity contribution in [3.05, 3.63) is 16.1 Å². The van der Waals surface area contributed by atoms with Crippen LogP contribution in [0.4, 0.5) is 0 Å². The predicted molar refractivity (Wildman–Crippen MR) is 78.2 cm³/mol. The summed E-state index contributed by atoms with van der Waals surface area (Å²) in [5.41, 5.74) is 1.64. The molecule has 0 aromatic carbocycles. The Morgan fingerprint density at radius 3 is 3.06 bits per heavy atom. The van der Waals surface area contributed by atoms with Gasteiger partial charge in [0, 0.05) is 30.9 Å². The fraction of sp³-hybridized carbons (Fsp3) is 0.786. The molecule has 18 heavy (non-hydrogen) atoms. The number of hydrogen-bond acceptors (Lipinski definition) is 4. The highest BCUT2D eigenvalue weighted by Crippen LogP contribution is 2.29. The molecule has 0 spiro atoms. The first-order valence-electron chi connectivity index (χ1n) is 6.93. The van der Waals surface area contributed by atoms with Gasteiger partial charge < -0.3 is 10.6 Å². The van der Waals surface area contributed by atoms with Crippen LogP contribution < -0.4 is 10.6 Å². The molecule has 2 N–H and O–H groups in total. The van der Waals surface area contributed by atoms with E-state index in [1.54, 1.807) is 11.3 Å². The highest BCUT2D eigenvalue weighted by atomic mass is 32.1. The zero-order valence-electron chi connectivity index (χ0n) is 11.8. The molecule has 1 fully saturated rings. The first-order valence-corrected chi connectivity index (χ1v) is 7.81. The monoisotopic (exact) mass is 267 g/mol. The summed E-state index contributed by atoms with van der Waals surface area (Å²) in [7, 11) is 0. The topological polar surface area (TPSA) is 37.0 Å². The maximum Gasteiger partial charge on any atom is 0.0897 e. The summed E-state index contributed by atoms with van der Waals surface area (Å²) in [6.07, 6.45) is 3.68. The van der Waals surface area contributed by atoms with Crippen molar-refractivity contribution in [3.63, 3.8) is 0 Å². The second-order valence-electron chi connectivity index (χ2n) is 5.91. The average Bonchev–Trinajstić information content (AvgIpc) is 2.72. The molecule has 0 amide bonds. The predicted octanol–water partition coefficient (Wildman–Crippen LogP) is 2.36. The van der Waals surface area contributed by atoms with Gasteiger partial charge in [0.15, 0.2) is 0 Å². The minimum absolute atomic E-state index is 0.419. The molecule has 0 aliphatic carbocycles. The lowest BCUT2D eigenvalue weighted by Gasteiger charge is -2.39. The van der Waals surface area contributed by atoms with Crippen LogP contribution in [0, 0.1) is 12.3 Å². The van der Waals surface area contributed by atoms with Crippen molar-refractivity contribution in [2.45, 2.75) is 46.1 Å². The molecule has 1 aliphatic heterocycles. The second-order valence-corrected chi connectivity index (χ2v) is 6.97.